The number of ether oxygens (including phenoxy) is 5. The molecule has 6 aromatic rings. The Hall–Kier alpha value is -6.34. The smallest absolute Gasteiger partial charge is 0.410 e. The summed E-state index contributed by atoms with van der Waals surface area (Å²) in [5.41, 5.74) is 1.36. The second-order valence-electron chi connectivity index (χ2n) is 17.0. The van der Waals surface area contributed by atoms with Gasteiger partial charge in [0.05, 0.1) is 51.2 Å². The quantitative estimate of drug-likeness (QED) is 0.0682. The van der Waals surface area contributed by atoms with Crippen molar-refractivity contribution < 1.29 is 50.5 Å². The fourth-order valence-corrected chi connectivity index (χ4v) is 11.1. The van der Waals surface area contributed by atoms with Crippen molar-refractivity contribution in [2.75, 3.05) is 38.7 Å². The number of halogens is 1. The summed E-state index contributed by atoms with van der Waals surface area (Å²) >= 11 is -1.31. The van der Waals surface area contributed by atoms with E-state index in [0.29, 0.717) is 37.5 Å². The van der Waals surface area contributed by atoms with Crippen LogP contribution in [0, 0.1) is 3.57 Å². The highest BCUT2D eigenvalue weighted by Gasteiger charge is 2.45. The van der Waals surface area contributed by atoms with Crippen LogP contribution in [0.15, 0.2) is 120 Å². The van der Waals surface area contributed by atoms with Crippen LogP contribution in [0.1, 0.15) is 43.0 Å². The summed E-state index contributed by atoms with van der Waals surface area (Å²) in [5, 5.41) is 16.1. The number of carbonyl (C=O) groups is 2. The van der Waals surface area contributed by atoms with Gasteiger partial charge in [0.25, 0.3) is 0 Å². The highest BCUT2D eigenvalue weighted by molar-refractivity contribution is 14.1. The van der Waals surface area contributed by atoms with Crippen molar-refractivity contribution in [3.8, 4) is 28.6 Å². The standard InChI is InChI=1S/C48H53IN8O11S2/c1-48(2,3)68-47(59)54-29-40(50-46(58)67-31-35-10-8-7-9-11-35)42(30-54)57(69(60)61)41-25-24-39(49)43(45-51-53-56(52-45)28-34-16-22-38(66-6)23-17-34)44(41)70(62,63)55(26-32-12-18-36(64-4)19-13-32)27-33-14-20-37(65-5)21-15-33/h7-25,40,42H,26-31H2,1-6H3,(H,50,58)(H,60,61)/p-1/t40-,42-/m0/s1. The van der Waals surface area contributed by atoms with Crippen LogP contribution in [0.3, 0.4) is 0 Å². The molecule has 0 radical (unpaired) electrons. The van der Waals surface area contributed by atoms with Crippen molar-refractivity contribution in [1.82, 2.24) is 34.7 Å². The highest BCUT2D eigenvalue weighted by atomic mass is 127. The second-order valence-corrected chi connectivity index (χ2v) is 20.9. The minimum Gasteiger partial charge on any atom is -0.755 e. The molecule has 1 aromatic heterocycles. The largest absolute Gasteiger partial charge is 0.755 e. The average Bonchev–Trinajstić information content (AvgIpc) is 3.98. The minimum atomic E-state index is -4.86. The van der Waals surface area contributed by atoms with Gasteiger partial charge in [-0.15, -0.1) is 10.2 Å². The van der Waals surface area contributed by atoms with Crippen LogP contribution in [-0.4, -0.2) is 111 Å². The lowest BCUT2D eigenvalue weighted by Gasteiger charge is -2.37. The number of carbonyl (C=O) groups excluding carboxylic acids is 2. The molecule has 19 nitrogen and oxygen atoms in total. The number of methoxy groups -OCH3 is 3. The van der Waals surface area contributed by atoms with Gasteiger partial charge in [0.2, 0.25) is 15.8 Å². The summed E-state index contributed by atoms with van der Waals surface area (Å²) in [5.74, 6) is 1.63. The number of hydrogen-bond acceptors (Lipinski definition) is 14. The van der Waals surface area contributed by atoms with Crippen molar-refractivity contribution in [2.45, 2.75) is 69.6 Å². The second kappa shape index (κ2) is 22.6. The first-order valence-corrected chi connectivity index (χ1v) is 25.3. The van der Waals surface area contributed by atoms with Gasteiger partial charge in [-0.25, -0.2) is 18.0 Å². The number of tetrazole rings is 1. The van der Waals surface area contributed by atoms with Gasteiger partial charge in [0, 0.05) is 41.0 Å². The molecule has 7 rings (SSSR count). The van der Waals surface area contributed by atoms with Crippen LogP contribution in [0.4, 0.5) is 15.3 Å². The Bertz CT molecular complexity index is 2840. The van der Waals surface area contributed by atoms with Crippen LogP contribution in [-0.2, 0) is 57.0 Å². The van der Waals surface area contributed by atoms with Crippen LogP contribution in [0.25, 0.3) is 11.4 Å². The van der Waals surface area contributed by atoms with E-state index in [-0.39, 0.29) is 56.4 Å². The zero-order chi connectivity index (χ0) is 50.2. The molecule has 0 aliphatic carbocycles. The minimum absolute atomic E-state index is 0.0437. The summed E-state index contributed by atoms with van der Waals surface area (Å²) in [4.78, 5) is 29.3. The molecule has 1 unspecified atom stereocenters. The SMILES string of the molecule is COc1ccc(CN(Cc2ccc(OC)cc2)S(=O)(=O)c2c(N([C@H]3CN(C(=O)OC(C)(C)C)C[C@@H]3NC(=O)OCc3ccccc3)S(=O)[O-])ccc(I)c2-c2nnn(Cc3ccc(OC)cc3)n2)cc1. The molecule has 0 saturated carbocycles. The molecule has 2 heterocycles. The molecule has 1 saturated heterocycles. The number of nitrogens with zero attached hydrogens (tertiary/aromatic N) is 7. The Balaban J connectivity index is 1.39. The number of sulfonamides is 1. The zero-order valence-electron chi connectivity index (χ0n) is 39.2. The van der Waals surface area contributed by atoms with E-state index >= 15 is 8.42 Å². The maximum atomic E-state index is 16.0. The number of nitrogens with one attached hydrogen (secondary N) is 1. The van der Waals surface area contributed by atoms with Gasteiger partial charge in [0.15, 0.2) is 0 Å². The molecule has 2 amide bonds. The van der Waals surface area contributed by atoms with Gasteiger partial charge in [0.1, 0.15) is 34.4 Å². The number of likely N-dealkylation sites (tertiary alicyclic amines) is 1. The average molecular weight is 1110 g/mol. The number of amides is 2. The molecule has 3 atom stereocenters. The first kappa shape index (κ1) is 51.5. The Kier molecular flexibility index (Phi) is 16.6. The molecule has 22 heteroatoms. The molecule has 5 aromatic carbocycles. The summed E-state index contributed by atoms with van der Waals surface area (Å²) in [6, 6.07) is 30.3. The number of benzene rings is 5. The van der Waals surface area contributed by atoms with Gasteiger partial charge in [-0.3, -0.25) is 8.51 Å². The normalized spacial score (nSPS) is 15.3. The maximum absolute atomic E-state index is 16.0. The molecular weight excluding hydrogens is 1060 g/mol. The Morgan fingerprint density at radius 3 is 1.89 bits per heavy atom. The topological polar surface area (TPSA) is 220 Å². The monoisotopic (exact) mass is 1110 g/mol. The van der Waals surface area contributed by atoms with E-state index < -0.39 is 56.1 Å². The van der Waals surface area contributed by atoms with E-state index in [2.05, 4.69) is 20.7 Å². The van der Waals surface area contributed by atoms with Crippen LogP contribution in [0.2, 0.25) is 0 Å². The van der Waals surface area contributed by atoms with Crippen LogP contribution < -0.4 is 23.8 Å². The predicted molar refractivity (Wildman–Crippen MR) is 267 cm³/mol. The molecule has 370 valence electrons. The first-order chi connectivity index (χ1) is 33.5. The number of aromatic nitrogens is 4. The van der Waals surface area contributed by atoms with E-state index in [1.165, 1.54) is 34.3 Å². The van der Waals surface area contributed by atoms with Crippen molar-refractivity contribution in [3.05, 3.63) is 141 Å². The molecule has 1 fully saturated rings. The fraction of sp³-hybridized carbons (Fsp3) is 0.312. The van der Waals surface area contributed by atoms with Crippen molar-refractivity contribution in [2.24, 2.45) is 0 Å². The fourth-order valence-electron chi connectivity index (χ4n) is 7.65. The van der Waals surface area contributed by atoms with E-state index in [9.17, 15) is 18.4 Å². The van der Waals surface area contributed by atoms with Gasteiger partial charge in [-0.2, -0.15) is 9.10 Å². The van der Waals surface area contributed by atoms with Crippen molar-refractivity contribution in [3.63, 3.8) is 0 Å². The zero-order valence-corrected chi connectivity index (χ0v) is 43.0. The third-order valence-electron chi connectivity index (χ3n) is 11.0. The van der Waals surface area contributed by atoms with Gasteiger partial charge in [-0.1, -0.05) is 66.7 Å². The van der Waals surface area contributed by atoms with E-state index in [1.54, 1.807) is 119 Å². The number of rotatable bonds is 18. The van der Waals surface area contributed by atoms with E-state index in [0.717, 1.165) is 9.87 Å². The molecule has 1 aliphatic rings. The van der Waals surface area contributed by atoms with Gasteiger partial charge in [-0.05, 0) is 119 Å². The van der Waals surface area contributed by atoms with Gasteiger partial charge >= 0.3 is 12.2 Å². The molecule has 0 bridgehead atoms. The summed E-state index contributed by atoms with van der Waals surface area (Å²) in [6.45, 7) is 4.16. The number of hydrogen-bond donors (Lipinski definition) is 1. The van der Waals surface area contributed by atoms with Crippen molar-refractivity contribution >= 4 is 61.8 Å². The van der Waals surface area contributed by atoms with Crippen LogP contribution in [0.5, 0.6) is 17.2 Å². The van der Waals surface area contributed by atoms with Crippen LogP contribution >= 0.6 is 22.6 Å². The third-order valence-corrected chi connectivity index (χ3v) is 14.6. The van der Waals surface area contributed by atoms with Gasteiger partial charge < -0.3 is 38.5 Å². The summed E-state index contributed by atoms with van der Waals surface area (Å²) in [7, 11) is -0.257. The predicted octanol–water partition coefficient (Wildman–Crippen LogP) is 6.92. The third kappa shape index (κ3) is 12.7. The molecule has 70 heavy (non-hydrogen) atoms. The Morgan fingerprint density at radius 1 is 0.800 bits per heavy atom. The van der Waals surface area contributed by atoms with E-state index in [4.69, 9.17) is 23.7 Å². The molecule has 0 spiro atoms. The Labute approximate surface area is 422 Å². The first-order valence-electron chi connectivity index (χ1n) is 21.8. The molecular formula is C48H52IN8O11S2-. The van der Waals surface area contributed by atoms with E-state index in [1.807, 2.05) is 40.8 Å². The summed E-state index contributed by atoms with van der Waals surface area (Å²) in [6.07, 6.45) is -1.68. The maximum Gasteiger partial charge on any atom is 0.410 e. The number of anilines is 1. The lowest BCUT2D eigenvalue weighted by molar-refractivity contribution is 0.0288. The highest BCUT2D eigenvalue weighted by Crippen LogP contribution is 2.42. The lowest BCUT2D eigenvalue weighted by atomic mass is 10.1. The molecule has 1 aliphatic heterocycles. The number of alkyl carbamates (subject to hydrolysis) is 1. The summed E-state index contributed by atoms with van der Waals surface area (Å²) < 4.78 is 89.9. The molecule has 1 N–H and O–H groups in total. The Morgan fingerprint density at radius 2 is 1.36 bits per heavy atom. The van der Waals surface area contributed by atoms with Crippen molar-refractivity contribution in [1.29, 1.82) is 0 Å². The lowest BCUT2D eigenvalue weighted by Crippen LogP contribution is -2.52.